The second-order valence-electron chi connectivity index (χ2n) is 6.50. The van der Waals surface area contributed by atoms with Crippen molar-refractivity contribution < 1.29 is 61.4 Å². The van der Waals surface area contributed by atoms with Gasteiger partial charge in [0, 0.05) is 0 Å². The predicted octanol–water partition coefficient (Wildman–Crippen LogP) is -2.47. The molecule has 0 amide bonds. The van der Waals surface area contributed by atoms with E-state index in [1.54, 1.807) is 4.98 Å². The van der Waals surface area contributed by atoms with Crippen LogP contribution in [-0.2, 0) is 31.6 Å². The first-order chi connectivity index (χ1) is 14.9. The molecule has 1 aliphatic heterocycles. The molecule has 1 aliphatic rings. The van der Waals surface area contributed by atoms with Gasteiger partial charge in [-0.05, 0) is 6.92 Å². The molecule has 7 atom stereocenters. The number of ether oxygens (including phenoxy) is 1. The van der Waals surface area contributed by atoms with Gasteiger partial charge < -0.3 is 34.5 Å². The normalized spacial score (nSPS) is 30.2. The Morgan fingerprint density at radius 2 is 1.88 bits per heavy atom. The number of aliphatic hydroxyl groups excluding tert-OH is 1. The Balaban J connectivity index is 2.33. The van der Waals surface area contributed by atoms with Crippen molar-refractivity contribution in [1.29, 1.82) is 0 Å². The summed E-state index contributed by atoms with van der Waals surface area (Å²) in [6.45, 7) is 0.0798. The monoisotopic (exact) mass is 537 g/mol. The Hall–Kier alpha value is -1.54. The van der Waals surface area contributed by atoms with Gasteiger partial charge in [0.15, 0.2) is 11.8 Å². The van der Waals surface area contributed by atoms with Crippen LogP contribution in [0.15, 0.2) is 15.9 Å². The predicted molar refractivity (Wildman–Crippen MR) is 102 cm³/mol. The van der Waals surface area contributed by atoms with Crippen molar-refractivity contribution in [2.75, 3.05) is 6.61 Å². The number of aliphatic hydroxyl groups is 2. The fourth-order valence-corrected chi connectivity index (χ4v) is 6.21. The number of phosphoric ester groups is 1. The number of nitrogens with one attached hydrogen (secondary N) is 1. The summed E-state index contributed by atoms with van der Waals surface area (Å²) in [7, 11) is -17.0. The van der Waals surface area contributed by atoms with Gasteiger partial charge in [0.2, 0.25) is 0 Å². The molecule has 33 heavy (non-hydrogen) atoms. The van der Waals surface area contributed by atoms with Crippen molar-refractivity contribution in [3.63, 3.8) is 0 Å². The maximum atomic E-state index is 12.1. The zero-order chi connectivity index (χ0) is 25.4. The van der Waals surface area contributed by atoms with Crippen LogP contribution in [0.1, 0.15) is 13.2 Å². The van der Waals surface area contributed by atoms with Crippen molar-refractivity contribution >= 4 is 23.5 Å². The van der Waals surface area contributed by atoms with E-state index in [1.807, 2.05) is 5.92 Å². The Bertz CT molecular complexity index is 1180. The van der Waals surface area contributed by atoms with E-state index in [2.05, 4.69) is 18.1 Å². The quantitative estimate of drug-likeness (QED) is 0.127. The van der Waals surface area contributed by atoms with E-state index >= 15 is 0 Å². The number of nitrogens with zero attached hydrogens (tertiary/aromatic N) is 2. The second-order valence-corrected chi connectivity index (χ2v) is 10.9. The largest absolute Gasteiger partial charge is 0.490 e. The highest BCUT2D eigenvalue weighted by Crippen LogP contribution is 2.66. The van der Waals surface area contributed by atoms with Gasteiger partial charge in [-0.25, -0.2) is 23.3 Å². The molecule has 0 spiro atoms. The minimum atomic E-state index is -5.81. The molecule has 0 saturated carbocycles. The smallest absolute Gasteiger partial charge is 0.396 e. The van der Waals surface area contributed by atoms with Crippen LogP contribution >= 0.6 is 23.5 Å². The summed E-state index contributed by atoms with van der Waals surface area (Å²) in [4.78, 5) is 64.3. The minimum absolute atomic E-state index is 0.571. The number of rotatable bonds is 9. The lowest BCUT2D eigenvalue weighted by Gasteiger charge is -2.29. The fraction of sp³-hybridized carbons (Fsp3) is 0.583. The van der Waals surface area contributed by atoms with Crippen LogP contribution in [-0.4, -0.2) is 68.7 Å². The Kier molecular flexibility index (Phi) is 8.06. The molecule has 18 nitrogen and oxygen atoms in total. The van der Waals surface area contributed by atoms with Crippen LogP contribution in [0.3, 0.4) is 0 Å². The van der Waals surface area contributed by atoms with Crippen molar-refractivity contribution in [3.8, 4) is 12.3 Å². The van der Waals surface area contributed by atoms with Crippen LogP contribution in [0.25, 0.3) is 0 Å². The van der Waals surface area contributed by atoms with Gasteiger partial charge in [0.1, 0.15) is 6.33 Å². The Morgan fingerprint density at radius 1 is 1.27 bits per heavy atom. The third-order valence-corrected chi connectivity index (χ3v) is 8.16. The fourth-order valence-electron chi connectivity index (χ4n) is 3.01. The molecule has 2 rings (SSSR count). The number of aromatic amines is 1. The first kappa shape index (κ1) is 27.7. The standard InChI is InChI=1S/C12H18N3O15P3/c1-3-12(19)7(4-16)8(27-9(12)15-5-13-10(17)14-11(15)18)6(2)28-32(23,24)30-33(25,26)29-31(20,21)22/h1,5-9,16,19H,4H2,2H3,(H,23,24)(H,25,26)(H,14,17,18)(H2,20,21,22)/t6-,7?,8+,9+,12?/m0/s1. The van der Waals surface area contributed by atoms with Gasteiger partial charge in [0.05, 0.1) is 24.7 Å². The third kappa shape index (κ3) is 6.53. The first-order valence-corrected chi connectivity index (χ1v) is 12.9. The molecule has 1 aromatic heterocycles. The van der Waals surface area contributed by atoms with Crippen molar-refractivity contribution in [2.24, 2.45) is 5.92 Å². The zero-order valence-corrected chi connectivity index (χ0v) is 18.9. The number of hydrogen-bond acceptors (Lipinski definition) is 12. The maximum Gasteiger partial charge on any atom is 0.490 e. The molecule has 1 fully saturated rings. The van der Waals surface area contributed by atoms with Gasteiger partial charge in [-0.1, -0.05) is 5.92 Å². The van der Waals surface area contributed by atoms with E-state index < -0.39 is 71.4 Å². The molecule has 0 aliphatic carbocycles. The van der Waals surface area contributed by atoms with E-state index in [4.69, 9.17) is 20.9 Å². The van der Waals surface area contributed by atoms with E-state index in [1.165, 1.54) is 0 Å². The number of phosphoric acid groups is 3. The maximum absolute atomic E-state index is 12.1. The molecule has 0 radical (unpaired) electrons. The van der Waals surface area contributed by atoms with Crippen LogP contribution in [0.5, 0.6) is 0 Å². The summed E-state index contributed by atoms with van der Waals surface area (Å²) in [6, 6.07) is 0. The highest BCUT2D eigenvalue weighted by atomic mass is 31.3. The summed E-state index contributed by atoms with van der Waals surface area (Å²) in [5, 5.41) is 20.6. The molecule has 21 heteroatoms. The lowest BCUT2D eigenvalue weighted by Crippen LogP contribution is -2.47. The molecule has 0 bridgehead atoms. The van der Waals surface area contributed by atoms with Gasteiger partial charge >= 0.3 is 34.8 Å². The van der Waals surface area contributed by atoms with Crippen LogP contribution in [0.2, 0.25) is 0 Å². The lowest BCUT2D eigenvalue weighted by atomic mass is 9.84. The van der Waals surface area contributed by atoms with Crippen LogP contribution in [0, 0.1) is 18.3 Å². The van der Waals surface area contributed by atoms with E-state index in [9.17, 15) is 43.3 Å². The molecule has 1 aromatic rings. The zero-order valence-electron chi connectivity index (χ0n) is 16.3. The number of aromatic nitrogens is 3. The lowest BCUT2D eigenvalue weighted by molar-refractivity contribution is -0.0874. The van der Waals surface area contributed by atoms with Gasteiger partial charge in [0.25, 0.3) is 0 Å². The summed E-state index contributed by atoms with van der Waals surface area (Å²) in [6.07, 6.45) is 0.942. The average Bonchev–Trinajstić information content (AvgIpc) is 2.91. The van der Waals surface area contributed by atoms with E-state index in [0.29, 0.717) is 10.9 Å². The van der Waals surface area contributed by atoms with Crippen LogP contribution < -0.4 is 11.4 Å². The van der Waals surface area contributed by atoms with Gasteiger partial charge in [-0.15, -0.1) is 6.42 Å². The highest BCUT2D eigenvalue weighted by molar-refractivity contribution is 7.66. The van der Waals surface area contributed by atoms with Gasteiger partial charge in [-0.2, -0.15) is 13.6 Å². The number of hydrogen-bond donors (Lipinski definition) is 7. The van der Waals surface area contributed by atoms with Crippen molar-refractivity contribution in [2.45, 2.75) is 31.0 Å². The average molecular weight is 537 g/mol. The number of terminal acetylenes is 1. The SMILES string of the molecule is C#CC1(O)C(CO)[C@@H]([C@H](C)OP(=O)(O)OP(=O)(O)OP(=O)(O)O)O[C@H]1n1cnc(=O)[nH]c1=O. The Morgan fingerprint density at radius 3 is 2.36 bits per heavy atom. The molecular weight excluding hydrogens is 519 g/mol. The minimum Gasteiger partial charge on any atom is -0.396 e. The molecule has 1 saturated heterocycles. The van der Waals surface area contributed by atoms with Gasteiger partial charge in [-0.3, -0.25) is 14.1 Å². The summed E-state index contributed by atoms with van der Waals surface area (Å²) in [5.74, 6) is 0.419. The summed E-state index contributed by atoms with van der Waals surface area (Å²) in [5.41, 5.74) is -4.61. The van der Waals surface area contributed by atoms with E-state index in [0.717, 1.165) is 6.92 Å². The number of H-pyrrole nitrogens is 1. The third-order valence-electron chi connectivity index (χ3n) is 4.23. The molecule has 7 N–H and O–H groups in total. The molecule has 186 valence electrons. The first-order valence-electron chi connectivity index (χ1n) is 8.41. The van der Waals surface area contributed by atoms with Crippen LogP contribution in [0.4, 0.5) is 0 Å². The Labute approximate surface area is 183 Å². The molecular formula is C12H18N3O15P3. The molecule has 0 aromatic carbocycles. The summed E-state index contributed by atoms with van der Waals surface area (Å²) < 4.78 is 52.1. The second kappa shape index (κ2) is 9.61. The van der Waals surface area contributed by atoms with Crippen molar-refractivity contribution in [1.82, 2.24) is 14.5 Å². The topological polar surface area (TPSA) is 277 Å². The highest BCUT2D eigenvalue weighted by Gasteiger charge is 2.58. The summed E-state index contributed by atoms with van der Waals surface area (Å²) >= 11 is 0. The molecule has 4 unspecified atom stereocenters. The molecule has 2 heterocycles. The van der Waals surface area contributed by atoms with Crippen molar-refractivity contribution in [3.05, 3.63) is 27.3 Å². The van der Waals surface area contributed by atoms with E-state index in [-0.39, 0.29) is 0 Å².